The highest BCUT2D eigenvalue weighted by Crippen LogP contribution is 2.76. The van der Waals surface area contributed by atoms with E-state index < -0.39 is 76.1 Å². The largest absolute Gasteiger partial charge is 0.393 e. The lowest BCUT2D eigenvalue weighted by molar-refractivity contribution is -0.295. The van der Waals surface area contributed by atoms with Crippen LogP contribution < -0.4 is 0 Å². The van der Waals surface area contributed by atoms with Crippen LogP contribution >= 0.6 is 0 Å². The standard InChI is InChI=1S/C27H43NO8/c1-12-4-5-17-24(3,33)19-13(11-28(17)10-12)14-9-25-21(26(14,34)22(32)20(19)31)15(29)8-16-23(25,2)7-6-18(30)27(16,35)36-25/h12-22,29-35H,4-11H2,1-3H3/t12-,13-,14-,15+,16?,17-,18-,19+,20+,21+,22-,23-,24+,25+,26-,27?/m0/s1. The Labute approximate surface area is 212 Å². The molecular weight excluding hydrogens is 466 g/mol. The molecule has 3 aliphatic heterocycles. The highest BCUT2D eigenvalue weighted by Gasteiger charge is 2.86. The molecule has 4 saturated carbocycles. The molecule has 0 amide bonds. The smallest absolute Gasteiger partial charge is 0.196 e. The summed E-state index contributed by atoms with van der Waals surface area (Å²) in [6, 6.07) is -0.130. The second-order valence-corrected chi connectivity index (χ2v) is 14.2. The zero-order valence-electron chi connectivity index (χ0n) is 21.5. The van der Waals surface area contributed by atoms with Crippen molar-refractivity contribution in [2.45, 2.75) is 112 Å². The number of aliphatic hydroxyl groups is 7. The summed E-state index contributed by atoms with van der Waals surface area (Å²) in [7, 11) is 0. The zero-order chi connectivity index (χ0) is 25.8. The number of ether oxygens (including phenoxy) is 1. The van der Waals surface area contributed by atoms with Crippen molar-refractivity contribution in [2.75, 3.05) is 13.1 Å². The highest BCUT2D eigenvalue weighted by molar-refractivity contribution is 5.33. The maximum Gasteiger partial charge on any atom is 0.196 e. The van der Waals surface area contributed by atoms with E-state index in [4.69, 9.17) is 4.74 Å². The van der Waals surface area contributed by atoms with E-state index in [1.165, 1.54) is 0 Å². The summed E-state index contributed by atoms with van der Waals surface area (Å²) in [6.45, 7) is 7.40. The first-order chi connectivity index (χ1) is 16.7. The first-order valence-corrected chi connectivity index (χ1v) is 14.1. The Hall–Kier alpha value is -0.360. The number of nitrogens with zero attached hydrogens (tertiary/aromatic N) is 1. The zero-order valence-corrected chi connectivity index (χ0v) is 21.5. The summed E-state index contributed by atoms with van der Waals surface area (Å²) < 4.78 is 6.51. The van der Waals surface area contributed by atoms with Crippen LogP contribution in [0, 0.1) is 40.9 Å². The third kappa shape index (κ3) is 2.46. The Kier molecular flexibility index (Phi) is 4.82. The molecule has 7 aliphatic rings. The number of hydrogen-bond donors (Lipinski definition) is 7. The van der Waals surface area contributed by atoms with E-state index in [1.54, 1.807) is 6.92 Å². The Bertz CT molecular complexity index is 964. The number of rotatable bonds is 0. The van der Waals surface area contributed by atoms with Gasteiger partial charge >= 0.3 is 0 Å². The van der Waals surface area contributed by atoms with Gasteiger partial charge in [0.15, 0.2) is 5.79 Å². The van der Waals surface area contributed by atoms with Gasteiger partial charge in [-0.1, -0.05) is 13.8 Å². The maximum absolute atomic E-state index is 12.5. The van der Waals surface area contributed by atoms with Gasteiger partial charge in [-0.15, -0.1) is 0 Å². The molecule has 0 aromatic rings. The van der Waals surface area contributed by atoms with Crippen LogP contribution in [0.15, 0.2) is 0 Å². The van der Waals surface area contributed by atoms with Gasteiger partial charge in [-0.3, -0.25) is 4.90 Å². The van der Waals surface area contributed by atoms with Crippen molar-refractivity contribution in [3.8, 4) is 0 Å². The summed E-state index contributed by atoms with van der Waals surface area (Å²) in [5, 5.41) is 81.4. The Morgan fingerprint density at radius 1 is 0.944 bits per heavy atom. The first-order valence-electron chi connectivity index (χ1n) is 14.1. The van der Waals surface area contributed by atoms with E-state index in [0.29, 0.717) is 31.7 Å². The molecule has 16 atom stereocenters. The van der Waals surface area contributed by atoms with Crippen LogP contribution in [0.1, 0.15) is 59.3 Å². The van der Waals surface area contributed by atoms with E-state index >= 15 is 0 Å². The highest BCUT2D eigenvalue weighted by atomic mass is 16.7. The maximum atomic E-state index is 12.5. The molecule has 0 aromatic carbocycles. The molecule has 4 bridgehead atoms. The normalized spacial score (nSPS) is 68.0. The van der Waals surface area contributed by atoms with Crippen molar-refractivity contribution in [1.29, 1.82) is 0 Å². The van der Waals surface area contributed by atoms with Crippen molar-refractivity contribution in [3.05, 3.63) is 0 Å². The van der Waals surface area contributed by atoms with Crippen LogP contribution in [0.2, 0.25) is 0 Å². The molecule has 3 saturated heterocycles. The van der Waals surface area contributed by atoms with Gasteiger partial charge < -0.3 is 40.5 Å². The Balaban J connectivity index is 1.37. The molecule has 7 rings (SSSR count). The molecule has 36 heavy (non-hydrogen) atoms. The van der Waals surface area contributed by atoms with Gasteiger partial charge in [0.25, 0.3) is 0 Å². The van der Waals surface area contributed by atoms with Gasteiger partial charge in [-0.25, -0.2) is 0 Å². The molecule has 1 spiro atoms. The van der Waals surface area contributed by atoms with Crippen molar-refractivity contribution >= 4 is 0 Å². The number of fused-ring (bicyclic) bond motifs is 5. The van der Waals surface area contributed by atoms with E-state index in [2.05, 4.69) is 11.8 Å². The topological polar surface area (TPSA) is 154 Å². The molecule has 2 unspecified atom stereocenters. The monoisotopic (exact) mass is 509 g/mol. The molecule has 9 nitrogen and oxygen atoms in total. The first kappa shape index (κ1) is 24.7. The van der Waals surface area contributed by atoms with Crippen LogP contribution in [-0.4, -0.2) is 107 Å². The Morgan fingerprint density at radius 2 is 1.67 bits per heavy atom. The quantitative estimate of drug-likeness (QED) is 0.222. The SMILES string of the molecule is C[C@H]1CC[C@@H]2N(C1)C[C@@H]1[C@H]([C@@H](O)[C@H](O)[C@]3(O)[C@H]1C[C@@]14OC5(O)C(C[C@@H](O)[C@@H]31)[C@]4(C)CC[C@@H]5O)[C@]2(C)O. The number of hydrogen-bond acceptors (Lipinski definition) is 9. The predicted octanol–water partition coefficient (Wildman–Crippen LogP) is -0.814. The van der Waals surface area contributed by atoms with Crippen LogP contribution in [0.25, 0.3) is 0 Å². The minimum Gasteiger partial charge on any atom is -0.393 e. The summed E-state index contributed by atoms with van der Waals surface area (Å²) in [5.74, 6) is -4.29. The van der Waals surface area contributed by atoms with E-state index in [9.17, 15) is 35.7 Å². The molecule has 3 heterocycles. The second kappa shape index (κ2) is 7.04. The fourth-order valence-electron chi connectivity index (χ4n) is 11.4. The summed E-state index contributed by atoms with van der Waals surface area (Å²) >= 11 is 0. The van der Waals surface area contributed by atoms with Crippen LogP contribution in [0.3, 0.4) is 0 Å². The molecular formula is C27H43NO8. The van der Waals surface area contributed by atoms with Crippen molar-refractivity contribution in [2.24, 2.45) is 40.9 Å². The average molecular weight is 510 g/mol. The van der Waals surface area contributed by atoms with Gasteiger partial charge in [-0.2, -0.15) is 0 Å². The fraction of sp³-hybridized carbons (Fsp3) is 1.00. The lowest BCUT2D eigenvalue weighted by Gasteiger charge is -2.63. The minimum absolute atomic E-state index is 0.130. The van der Waals surface area contributed by atoms with Crippen LogP contribution in [0.5, 0.6) is 0 Å². The van der Waals surface area contributed by atoms with Crippen LogP contribution in [0.4, 0.5) is 0 Å². The number of aliphatic hydroxyl groups excluding tert-OH is 4. The third-order valence-corrected chi connectivity index (χ3v) is 12.8. The van der Waals surface area contributed by atoms with Gasteiger partial charge in [-0.05, 0) is 63.2 Å². The van der Waals surface area contributed by atoms with Crippen molar-refractivity contribution < 1.29 is 40.5 Å². The molecule has 7 fully saturated rings. The lowest BCUT2D eigenvalue weighted by atomic mass is 9.49. The van der Waals surface area contributed by atoms with E-state index in [-0.39, 0.29) is 18.4 Å². The fourth-order valence-corrected chi connectivity index (χ4v) is 11.4. The van der Waals surface area contributed by atoms with E-state index in [0.717, 1.165) is 19.4 Å². The minimum atomic E-state index is -1.85. The molecule has 9 heteroatoms. The van der Waals surface area contributed by atoms with Crippen molar-refractivity contribution in [3.63, 3.8) is 0 Å². The second-order valence-electron chi connectivity index (χ2n) is 14.2. The number of piperidine rings is 2. The summed E-state index contributed by atoms with van der Waals surface area (Å²) in [5.41, 5.74) is -4.88. The average Bonchev–Trinajstić information content (AvgIpc) is 3.08. The molecule has 7 N–H and O–H groups in total. The van der Waals surface area contributed by atoms with Gasteiger partial charge in [0, 0.05) is 42.3 Å². The lowest BCUT2D eigenvalue weighted by Crippen LogP contribution is -2.76. The molecule has 4 aliphatic carbocycles. The molecule has 0 aromatic heterocycles. The summed E-state index contributed by atoms with van der Waals surface area (Å²) in [4.78, 5) is 2.30. The Morgan fingerprint density at radius 3 is 2.39 bits per heavy atom. The van der Waals surface area contributed by atoms with Gasteiger partial charge in [0.2, 0.25) is 0 Å². The van der Waals surface area contributed by atoms with Crippen LogP contribution in [-0.2, 0) is 4.74 Å². The van der Waals surface area contributed by atoms with Gasteiger partial charge in [0.1, 0.15) is 17.8 Å². The van der Waals surface area contributed by atoms with Crippen molar-refractivity contribution in [1.82, 2.24) is 4.90 Å². The van der Waals surface area contributed by atoms with Gasteiger partial charge in [0.05, 0.1) is 23.4 Å². The van der Waals surface area contributed by atoms with E-state index in [1.807, 2.05) is 6.92 Å². The molecule has 204 valence electrons. The predicted molar refractivity (Wildman–Crippen MR) is 126 cm³/mol. The molecule has 0 radical (unpaired) electrons. The summed E-state index contributed by atoms with van der Waals surface area (Å²) in [6.07, 6.45) is -1.92. The third-order valence-electron chi connectivity index (χ3n) is 12.8.